The van der Waals surface area contributed by atoms with Crippen LogP contribution in [-0.4, -0.2) is 52.6 Å². The van der Waals surface area contributed by atoms with E-state index in [2.05, 4.69) is 28.8 Å². The van der Waals surface area contributed by atoms with Crippen LogP contribution >= 0.6 is 0 Å². The molecule has 1 aliphatic rings. The Labute approximate surface area is 116 Å². The van der Waals surface area contributed by atoms with Gasteiger partial charge in [-0.1, -0.05) is 6.92 Å². The van der Waals surface area contributed by atoms with E-state index in [1.54, 1.807) is 6.07 Å². The Balaban J connectivity index is 1.93. The van der Waals surface area contributed by atoms with Crippen LogP contribution in [0.25, 0.3) is 0 Å². The molecule has 1 aliphatic heterocycles. The van der Waals surface area contributed by atoms with E-state index < -0.39 is 0 Å². The molecule has 106 valence electrons. The molecule has 1 saturated heterocycles. The fourth-order valence-electron chi connectivity index (χ4n) is 2.92. The van der Waals surface area contributed by atoms with Crippen LogP contribution in [0, 0.1) is 6.92 Å². The van der Waals surface area contributed by atoms with Crippen molar-refractivity contribution in [3.63, 3.8) is 0 Å². The number of nitrogens with zero attached hydrogens (tertiary/aromatic N) is 3. The van der Waals surface area contributed by atoms with Crippen molar-refractivity contribution in [1.29, 1.82) is 0 Å². The molecule has 1 aromatic heterocycles. The standard InChI is InChI=1S/C15H25N3O/c1-4-18-9-5-6-13(18)10-17(3)11-14-15(19)8-7-12(2)16-14/h7-8,13,19H,4-6,9-11H2,1-3H3. The molecule has 0 aromatic carbocycles. The normalized spacial score (nSPS) is 20.3. The molecule has 0 saturated carbocycles. The van der Waals surface area contributed by atoms with Gasteiger partial charge in [0, 0.05) is 24.8 Å². The van der Waals surface area contributed by atoms with Crippen LogP contribution < -0.4 is 0 Å². The second kappa shape index (κ2) is 6.35. The van der Waals surface area contributed by atoms with Crippen LogP contribution in [0.15, 0.2) is 12.1 Å². The number of pyridine rings is 1. The van der Waals surface area contributed by atoms with Gasteiger partial charge >= 0.3 is 0 Å². The SMILES string of the molecule is CCN1CCCC1CN(C)Cc1nc(C)ccc1O. The molecule has 4 nitrogen and oxygen atoms in total. The molecule has 1 fully saturated rings. The molecule has 2 rings (SSSR count). The van der Waals surface area contributed by atoms with Crippen molar-refractivity contribution in [2.24, 2.45) is 0 Å². The van der Waals surface area contributed by atoms with Crippen molar-refractivity contribution >= 4 is 0 Å². The highest BCUT2D eigenvalue weighted by Crippen LogP contribution is 2.20. The molecular weight excluding hydrogens is 238 g/mol. The van der Waals surface area contributed by atoms with E-state index >= 15 is 0 Å². The highest BCUT2D eigenvalue weighted by molar-refractivity contribution is 5.27. The molecular formula is C15H25N3O. The number of hydrogen-bond acceptors (Lipinski definition) is 4. The van der Waals surface area contributed by atoms with E-state index in [0.717, 1.165) is 24.5 Å². The molecule has 4 heteroatoms. The number of hydrogen-bond donors (Lipinski definition) is 1. The van der Waals surface area contributed by atoms with Crippen molar-refractivity contribution in [3.05, 3.63) is 23.5 Å². The van der Waals surface area contributed by atoms with Crippen LogP contribution in [0.1, 0.15) is 31.2 Å². The molecule has 2 heterocycles. The largest absolute Gasteiger partial charge is 0.506 e. The van der Waals surface area contributed by atoms with E-state index in [-0.39, 0.29) is 0 Å². The molecule has 0 aliphatic carbocycles. The molecule has 19 heavy (non-hydrogen) atoms. The Morgan fingerprint density at radius 1 is 1.47 bits per heavy atom. The summed E-state index contributed by atoms with van der Waals surface area (Å²) in [5.41, 5.74) is 1.74. The third-order valence-corrected chi connectivity index (χ3v) is 3.94. The quantitative estimate of drug-likeness (QED) is 0.882. The van der Waals surface area contributed by atoms with Gasteiger partial charge in [-0.15, -0.1) is 0 Å². The van der Waals surface area contributed by atoms with Gasteiger partial charge in [-0.2, -0.15) is 0 Å². The predicted molar refractivity (Wildman–Crippen MR) is 77.2 cm³/mol. The summed E-state index contributed by atoms with van der Waals surface area (Å²) in [6.45, 7) is 8.30. The number of likely N-dealkylation sites (N-methyl/N-ethyl adjacent to an activating group) is 2. The zero-order valence-corrected chi connectivity index (χ0v) is 12.3. The average molecular weight is 263 g/mol. The van der Waals surface area contributed by atoms with Gasteiger partial charge in [0.15, 0.2) is 0 Å². The first-order chi connectivity index (χ1) is 9.10. The highest BCUT2D eigenvalue weighted by Gasteiger charge is 2.24. The number of aromatic nitrogens is 1. The average Bonchev–Trinajstić information content (AvgIpc) is 2.81. The first-order valence-corrected chi connectivity index (χ1v) is 7.18. The van der Waals surface area contributed by atoms with Crippen LogP contribution in [0.2, 0.25) is 0 Å². The third-order valence-electron chi connectivity index (χ3n) is 3.94. The Kier molecular flexibility index (Phi) is 4.77. The molecule has 0 amide bonds. The van der Waals surface area contributed by atoms with Gasteiger partial charge in [-0.05, 0) is 52.0 Å². The maximum Gasteiger partial charge on any atom is 0.138 e. The molecule has 1 N–H and O–H groups in total. The lowest BCUT2D eigenvalue weighted by atomic mass is 10.2. The summed E-state index contributed by atoms with van der Waals surface area (Å²) in [6.07, 6.45) is 2.59. The second-order valence-electron chi connectivity index (χ2n) is 5.54. The minimum atomic E-state index is 0.302. The third kappa shape index (κ3) is 3.67. The zero-order valence-electron chi connectivity index (χ0n) is 12.3. The molecule has 0 radical (unpaired) electrons. The minimum absolute atomic E-state index is 0.302. The van der Waals surface area contributed by atoms with E-state index in [1.165, 1.54) is 19.4 Å². The van der Waals surface area contributed by atoms with Crippen LogP contribution in [-0.2, 0) is 6.54 Å². The smallest absolute Gasteiger partial charge is 0.138 e. The predicted octanol–water partition coefficient (Wildman–Crippen LogP) is 2.01. The summed E-state index contributed by atoms with van der Waals surface area (Å²) in [7, 11) is 2.11. The summed E-state index contributed by atoms with van der Waals surface area (Å²) in [5.74, 6) is 0.302. The van der Waals surface area contributed by atoms with Crippen molar-refractivity contribution in [2.45, 2.75) is 39.3 Å². The molecule has 0 spiro atoms. The van der Waals surface area contributed by atoms with Gasteiger partial charge in [-0.3, -0.25) is 14.8 Å². The van der Waals surface area contributed by atoms with Crippen molar-refractivity contribution in [2.75, 3.05) is 26.7 Å². The van der Waals surface area contributed by atoms with E-state index in [4.69, 9.17) is 0 Å². The van der Waals surface area contributed by atoms with Crippen LogP contribution in [0.4, 0.5) is 0 Å². The summed E-state index contributed by atoms with van der Waals surface area (Å²) in [5, 5.41) is 9.84. The summed E-state index contributed by atoms with van der Waals surface area (Å²) in [4.78, 5) is 9.23. The second-order valence-corrected chi connectivity index (χ2v) is 5.54. The topological polar surface area (TPSA) is 39.6 Å². The Morgan fingerprint density at radius 2 is 2.26 bits per heavy atom. The summed E-state index contributed by atoms with van der Waals surface area (Å²) < 4.78 is 0. The Hall–Kier alpha value is -1.13. The number of aryl methyl sites for hydroxylation is 1. The van der Waals surface area contributed by atoms with Gasteiger partial charge < -0.3 is 5.11 Å². The first-order valence-electron chi connectivity index (χ1n) is 7.18. The minimum Gasteiger partial charge on any atom is -0.506 e. The van der Waals surface area contributed by atoms with Crippen LogP contribution in [0.3, 0.4) is 0 Å². The number of likely N-dealkylation sites (tertiary alicyclic amines) is 1. The van der Waals surface area contributed by atoms with Gasteiger partial charge in [0.25, 0.3) is 0 Å². The lowest BCUT2D eigenvalue weighted by Gasteiger charge is -2.27. The van der Waals surface area contributed by atoms with E-state index in [0.29, 0.717) is 18.3 Å². The van der Waals surface area contributed by atoms with Crippen molar-refractivity contribution in [3.8, 4) is 5.75 Å². The van der Waals surface area contributed by atoms with Crippen molar-refractivity contribution in [1.82, 2.24) is 14.8 Å². The number of rotatable bonds is 5. The lowest BCUT2D eigenvalue weighted by Crippen LogP contribution is -2.38. The van der Waals surface area contributed by atoms with Gasteiger partial charge in [-0.25, -0.2) is 0 Å². The van der Waals surface area contributed by atoms with Crippen LogP contribution in [0.5, 0.6) is 5.75 Å². The summed E-state index contributed by atoms with van der Waals surface area (Å²) in [6, 6.07) is 4.23. The highest BCUT2D eigenvalue weighted by atomic mass is 16.3. The zero-order chi connectivity index (χ0) is 13.8. The van der Waals surface area contributed by atoms with Gasteiger partial charge in [0.2, 0.25) is 0 Å². The maximum atomic E-state index is 9.84. The van der Waals surface area contributed by atoms with Crippen molar-refractivity contribution < 1.29 is 5.11 Å². The Morgan fingerprint density at radius 3 is 3.00 bits per heavy atom. The van der Waals surface area contributed by atoms with E-state index in [1.807, 2.05) is 13.0 Å². The van der Waals surface area contributed by atoms with E-state index in [9.17, 15) is 5.11 Å². The van der Waals surface area contributed by atoms with Gasteiger partial charge in [0.05, 0.1) is 5.69 Å². The number of aromatic hydroxyl groups is 1. The molecule has 0 bridgehead atoms. The Bertz CT molecular complexity index is 422. The fraction of sp³-hybridized carbons (Fsp3) is 0.667. The molecule has 1 unspecified atom stereocenters. The molecule has 1 atom stereocenters. The maximum absolute atomic E-state index is 9.84. The first kappa shape index (κ1) is 14.3. The van der Waals surface area contributed by atoms with Gasteiger partial charge in [0.1, 0.15) is 5.75 Å². The lowest BCUT2D eigenvalue weighted by molar-refractivity contribution is 0.192. The monoisotopic (exact) mass is 263 g/mol. The summed E-state index contributed by atoms with van der Waals surface area (Å²) >= 11 is 0. The fourth-order valence-corrected chi connectivity index (χ4v) is 2.92. The molecule has 1 aromatic rings.